The molecule has 1 aliphatic heterocycles. The smallest absolute Gasteiger partial charge is 0.239 e. The summed E-state index contributed by atoms with van der Waals surface area (Å²) in [6.45, 7) is 7.88. The van der Waals surface area contributed by atoms with E-state index < -0.39 is 0 Å². The van der Waals surface area contributed by atoms with Crippen LogP contribution in [0.3, 0.4) is 0 Å². The average molecular weight is 274 g/mol. The third-order valence-corrected chi connectivity index (χ3v) is 4.45. The number of hydrogen-bond acceptors (Lipinski definition) is 2. The summed E-state index contributed by atoms with van der Waals surface area (Å²) in [5.74, 6) is 1.34. The summed E-state index contributed by atoms with van der Waals surface area (Å²) in [5.41, 5.74) is 7.38. The molecule has 1 fully saturated rings. The lowest BCUT2D eigenvalue weighted by Gasteiger charge is -2.38. The Labute approximate surface area is 122 Å². The van der Waals surface area contributed by atoms with Gasteiger partial charge in [0.15, 0.2) is 0 Å². The Morgan fingerprint density at radius 3 is 2.50 bits per heavy atom. The van der Waals surface area contributed by atoms with Crippen LogP contribution in [0.1, 0.15) is 38.7 Å². The Morgan fingerprint density at radius 2 is 1.95 bits per heavy atom. The molecule has 0 spiro atoms. The fraction of sp³-hybridized carbons (Fsp3) is 0.588. The SMILES string of the molecule is CC1CN(C(=O)[C@@H](N)C(C)C)CCC1c1ccccc1. The lowest BCUT2D eigenvalue weighted by molar-refractivity contribution is -0.135. The van der Waals surface area contributed by atoms with Crippen LogP contribution in [0.5, 0.6) is 0 Å². The molecule has 0 saturated carbocycles. The lowest BCUT2D eigenvalue weighted by Crippen LogP contribution is -2.50. The van der Waals surface area contributed by atoms with Crippen LogP contribution in [-0.4, -0.2) is 29.9 Å². The summed E-state index contributed by atoms with van der Waals surface area (Å²) < 4.78 is 0. The van der Waals surface area contributed by atoms with Gasteiger partial charge in [0, 0.05) is 13.1 Å². The summed E-state index contributed by atoms with van der Waals surface area (Å²) in [6.07, 6.45) is 1.03. The van der Waals surface area contributed by atoms with Gasteiger partial charge in [0.2, 0.25) is 5.91 Å². The molecule has 20 heavy (non-hydrogen) atoms. The van der Waals surface area contributed by atoms with Crippen molar-refractivity contribution in [1.29, 1.82) is 0 Å². The highest BCUT2D eigenvalue weighted by Crippen LogP contribution is 2.32. The number of benzene rings is 1. The quantitative estimate of drug-likeness (QED) is 0.921. The molecule has 0 bridgehead atoms. The lowest BCUT2D eigenvalue weighted by atomic mass is 9.81. The fourth-order valence-corrected chi connectivity index (χ4v) is 3.04. The second-order valence-corrected chi connectivity index (χ2v) is 6.34. The van der Waals surface area contributed by atoms with Crippen molar-refractivity contribution >= 4 is 5.91 Å². The van der Waals surface area contributed by atoms with E-state index in [0.29, 0.717) is 11.8 Å². The van der Waals surface area contributed by atoms with Crippen LogP contribution < -0.4 is 5.73 Å². The number of likely N-dealkylation sites (tertiary alicyclic amines) is 1. The van der Waals surface area contributed by atoms with Crippen LogP contribution in [0.15, 0.2) is 30.3 Å². The van der Waals surface area contributed by atoms with Crippen LogP contribution in [0, 0.1) is 11.8 Å². The molecular weight excluding hydrogens is 248 g/mol. The molecule has 2 N–H and O–H groups in total. The molecule has 1 saturated heterocycles. The zero-order valence-electron chi connectivity index (χ0n) is 12.8. The molecule has 2 unspecified atom stereocenters. The first kappa shape index (κ1) is 15.0. The van der Waals surface area contributed by atoms with E-state index in [-0.39, 0.29) is 17.9 Å². The third kappa shape index (κ3) is 3.21. The topological polar surface area (TPSA) is 46.3 Å². The van der Waals surface area contributed by atoms with Crippen molar-refractivity contribution in [3.63, 3.8) is 0 Å². The van der Waals surface area contributed by atoms with Gasteiger partial charge in [0.25, 0.3) is 0 Å². The molecule has 1 aliphatic rings. The van der Waals surface area contributed by atoms with E-state index in [2.05, 4.69) is 37.3 Å². The highest BCUT2D eigenvalue weighted by molar-refractivity contribution is 5.82. The van der Waals surface area contributed by atoms with E-state index >= 15 is 0 Å². The van der Waals surface area contributed by atoms with Gasteiger partial charge < -0.3 is 10.6 Å². The summed E-state index contributed by atoms with van der Waals surface area (Å²) in [7, 11) is 0. The maximum atomic E-state index is 12.3. The van der Waals surface area contributed by atoms with Gasteiger partial charge >= 0.3 is 0 Å². The minimum atomic E-state index is -0.365. The maximum Gasteiger partial charge on any atom is 0.239 e. The molecule has 2 rings (SSSR count). The van der Waals surface area contributed by atoms with E-state index in [4.69, 9.17) is 5.73 Å². The molecule has 0 aliphatic carbocycles. The van der Waals surface area contributed by atoms with Crippen LogP contribution in [0.4, 0.5) is 0 Å². The highest BCUT2D eigenvalue weighted by atomic mass is 16.2. The summed E-state index contributed by atoms with van der Waals surface area (Å²) in [5, 5.41) is 0. The zero-order valence-corrected chi connectivity index (χ0v) is 12.8. The monoisotopic (exact) mass is 274 g/mol. The van der Waals surface area contributed by atoms with Crippen molar-refractivity contribution < 1.29 is 4.79 Å². The predicted octanol–water partition coefficient (Wildman–Crippen LogP) is 2.62. The minimum Gasteiger partial charge on any atom is -0.341 e. The highest BCUT2D eigenvalue weighted by Gasteiger charge is 2.32. The largest absolute Gasteiger partial charge is 0.341 e. The Morgan fingerprint density at radius 1 is 1.30 bits per heavy atom. The maximum absolute atomic E-state index is 12.3. The van der Waals surface area contributed by atoms with Gasteiger partial charge in [0.1, 0.15) is 0 Å². The molecule has 1 aromatic rings. The molecule has 0 radical (unpaired) electrons. The van der Waals surface area contributed by atoms with Gasteiger partial charge in [-0.15, -0.1) is 0 Å². The van der Waals surface area contributed by atoms with Gasteiger partial charge in [-0.25, -0.2) is 0 Å². The predicted molar refractivity (Wildman–Crippen MR) is 82.4 cm³/mol. The van der Waals surface area contributed by atoms with Gasteiger partial charge in [-0.05, 0) is 29.7 Å². The molecule has 3 nitrogen and oxygen atoms in total. The first-order valence-corrected chi connectivity index (χ1v) is 7.60. The Balaban J connectivity index is 2.01. The summed E-state index contributed by atoms with van der Waals surface area (Å²) in [4.78, 5) is 14.3. The standard InChI is InChI=1S/C17H26N2O/c1-12(2)16(18)17(20)19-10-9-15(13(3)11-19)14-7-5-4-6-8-14/h4-8,12-13,15-16H,9-11,18H2,1-3H3/t13?,15?,16-/m0/s1. The molecule has 0 aromatic heterocycles. The zero-order chi connectivity index (χ0) is 14.7. The summed E-state index contributed by atoms with van der Waals surface area (Å²) in [6, 6.07) is 10.3. The molecule has 110 valence electrons. The second-order valence-electron chi connectivity index (χ2n) is 6.34. The van der Waals surface area contributed by atoms with E-state index in [9.17, 15) is 4.79 Å². The van der Waals surface area contributed by atoms with Gasteiger partial charge in [-0.1, -0.05) is 51.1 Å². The number of rotatable bonds is 3. The van der Waals surface area contributed by atoms with Crippen molar-refractivity contribution in [2.45, 2.75) is 39.2 Å². The van der Waals surface area contributed by atoms with Crippen LogP contribution in [0.2, 0.25) is 0 Å². The third-order valence-electron chi connectivity index (χ3n) is 4.45. The first-order valence-electron chi connectivity index (χ1n) is 7.60. The average Bonchev–Trinajstić information content (AvgIpc) is 2.46. The Hall–Kier alpha value is -1.35. The van der Waals surface area contributed by atoms with E-state index in [1.807, 2.05) is 18.7 Å². The van der Waals surface area contributed by atoms with Crippen LogP contribution >= 0.6 is 0 Å². The van der Waals surface area contributed by atoms with Crippen molar-refractivity contribution in [3.8, 4) is 0 Å². The van der Waals surface area contributed by atoms with Gasteiger partial charge in [0.05, 0.1) is 6.04 Å². The number of carbonyl (C=O) groups is 1. The normalized spacial score (nSPS) is 24.8. The van der Waals surface area contributed by atoms with Gasteiger partial charge in [-0.3, -0.25) is 4.79 Å². The number of hydrogen-bond donors (Lipinski definition) is 1. The van der Waals surface area contributed by atoms with Crippen molar-refractivity contribution in [2.24, 2.45) is 17.6 Å². The molecule has 3 heteroatoms. The molecule has 1 heterocycles. The summed E-state index contributed by atoms with van der Waals surface area (Å²) >= 11 is 0. The van der Waals surface area contributed by atoms with Crippen molar-refractivity contribution in [1.82, 2.24) is 4.90 Å². The van der Waals surface area contributed by atoms with Crippen LogP contribution in [-0.2, 0) is 4.79 Å². The van der Waals surface area contributed by atoms with E-state index in [1.54, 1.807) is 0 Å². The fourth-order valence-electron chi connectivity index (χ4n) is 3.04. The Bertz CT molecular complexity index is 444. The van der Waals surface area contributed by atoms with Crippen molar-refractivity contribution in [3.05, 3.63) is 35.9 Å². The Kier molecular flexibility index (Phi) is 4.81. The minimum absolute atomic E-state index is 0.110. The number of carbonyl (C=O) groups excluding carboxylic acids is 1. The number of nitrogens with two attached hydrogens (primary N) is 1. The molecule has 1 aromatic carbocycles. The van der Waals surface area contributed by atoms with Crippen LogP contribution in [0.25, 0.3) is 0 Å². The van der Waals surface area contributed by atoms with Crippen molar-refractivity contribution in [2.75, 3.05) is 13.1 Å². The van der Waals surface area contributed by atoms with E-state index in [1.165, 1.54) is 5.56 Å². The number of amides is 1. The van der Waals surface area contributed by atoms with E-state index in [0.717, 1.165) is 19.5 Å². The molecular formula is C17H26N2O. The second kappa shape index (κ2) is 6.40. The number of piperidine rings is 1. The van der Waals surface area contributed by atoms with Gasteiger partial charge in [-0.2, -0.15) is 0 Å². The molecule has 3 atom stereocenters. The number of nitrogens with zero attached hydrogens (tertiary/aromatic N) is 1. The molecule has 1 amide bonds. The first-order chi connectivity index (χ1) is 9.50.